The molecule has 17 heavy (non-hydrogen) atoms. The van der Waals surface area contributed by atoms with Crippen LogP contribution in [0.15, 0.2) is 18.2 Å². The molecule has 0 fully saturated rings. The van der Waals surface area contributed by atoms with Crippen molar-refractivity contribution in [3.8, 4) is 11.8 Å². The van der Waals surface area contributed by atoms with Gasteiger partial charge in [-0.05, 0) is 22.9 Å². The third-order valence-electron chi connectivity index (χ3n) is 2.09. The van der Waals surface area contributed by atoms with Crippen molar-refractivity contribution in [2.24, 2.45) is 0 Å². The molecule has 0 spiro atoms. The van der Waals surface area contributed by atoms with Crippen molar-refractivity contribution in [3.05, 3.63) is 35.1 Å². The third-order valence-corrected chi connectivity index (χ3v) is 3.24. The average molecular weight is 252 g/mol. The number of hydrogen-bond donors (Lipinski definition) is 1. The van der Waals surface area contributed by atoms with Crippen LogP contribution in [0, 0.1) is 17.7 Å². The second-order valence-corrected chi connectivity index (χ2v) is 5.51. The van der Waals surface area contributed by atoms with E-state index in [9.17, 15) is 4.39 Å². The Balaban J connectivity index is 2.70. The molecule has 0 aromatic heterocycles. The predicted molar refractivity (Wildman–Crippen MR) is 71.4 cm³/mol. The van der Waals surface area contributed by atoms with Crippen LogP contribution >= 0.6 is 11.8 Å². The minimum Gasteiger partial charge on any atom is -0.395 e. The van der Waals surface area contributed by atoms with Crippen LogP contribution < -0.4 is 0 Å². The second-order valence-electron chi connectivity index (χ2n) is 3.94. The zero-order valence-electron chi connectivity index (χ0n) is 10.2. The van der Waals surface area contributed by atoms with Gasteiger partial charge in [-0.1, -0.05) is 31.8 Å². The minimum absolute atomic E-state index is 0.0403. The molecule has 0 saturated carbocycles. The molecule has 0 unspecified atom stereocenters. The lowest BCUT2D eigenvalue weighted by Crippen LogP contribution is -1.93. The number of aliphatic hydroxyl groups is 1. The molecule has 0 aliphatic carbocycles. The first-order chi connectivity index (χ1) is 8.13. The van der Waals surface area contributed by atoms with E-state index in [2.05, 4.69) is 25.7 Å². The van der Waals surface area contributed by atoms with Gasteiger partial charge in [-0.2, -0.15) is 11.8 Å². The van der Waals surface area contributed by atoms with Crippen molar-refractivity contribution in [3.63, 3.8) is 0 Å². The number of benzene rings is 1. The molecule has 1 nitrogen and oxygen atoms in total. The van der Waals surface area contributed by atoms with Gasteiger partial charge in [-0.3, -0.25) is 0 Å². The molecule has 92 valence electrons. The molecular weight excluding hydrogens is 235 g/mol. The Kier molecular flexibility index (Phi) is 6.10. The summed E-state index contributed by atoms with van der Waals surface area (Å²) in [5, 5.41) is 9.08. The molecule has 0 saturated heterocycles. The van der Waals surface area contributed by atoms with Crippen LogP contribution in [0.3, 0.4) is 0 Å². The molecule has 0 aliphatic heterocycles. The highest BCUT2D eigenvalue weighted by Gasteiger charge is 2.04. The number of aliphatic hydroxyl groups excluding tert-OH is 1. The Labute approximate surface area is 106 Å². The Morgan fingerprint density at radius 2 is 2.18 bits per heavy atom. The molecule has 1 rings (SSSR count). The van der Waals surface area contributed by atoms with Gasteiger partial charge < -0.3 is 5.11 Å². The number of halogens is 1. The average Bonchev–Trinajstić information content (AvgIpc) is 2.28. The summed E-state index contributed by atoms with van der Waals surface area (Å²) >= 11 is 1.72. The number of hydrogen-bond acceptors (Lipinski definition) is 2. The molecule has 0 amide bonds. The fourth-order valence-electron chi connectivity index (χ4n) is 1.22. The van der Waals surface area contributed by atoms with Crippen LogP contribution in [0.25, 0.3) is 0 Å². The quantitative estimate of drug-likeness (QED) is 0.830. The van der Waals surface area contributed by atoms with Gasteiger partial charge in [0, 0.05) is 17.7 Å². The van der Waals surface area contributed by atoms with Gasteiger partial charge in [-0.15, -0.1) is 0 Å². The van der Waals surface area contributed by atoms with Crippen molar-refractivity contribution < 1.29 is 9.50 Å². The van der Waals surface area contributed by atoms with E-state index in [-0.39, 0.29) is 12.4 Å². The maximum Gasteiger partial charge on any atom is 0.128 e. The molecule has 0 aliphatic rings. The van der Waals surface area contributed by atoms with Crippen molar-refractivity contribution in [2.45, 2.75) is 31.3 Å². The molecule has 1 aromatic carbocycles. The summed E-state index contributed by atoms with van der Waals surface area (Å²) in [4.78, 5) is 0. The first kappa shape index (κ1) is 14.1. The molecule has 1 N–H and O–H groups in total. The molecule has 0 heterocycles. The standard InChI is InChI=1S/C14H17FOS/c1-11(2)17-10-13-7-6-12(9-14(13)15)5-3-4-8-16/h6-7,9,11,16H,4,8,10H2,1-2H3. The van der Waals surface area contributed by atoms with Gasteiger partial charge in [0.05, 0.1) is 6.61 Å². The molecular formula is C14H17FOS. The maximum absolute atomic E-state index is 13.7. The van der Waals surface area contributed by atoms with E-state index in [0.717, 1.165) is 5.56 Å². The van der Waals surface area contributed by atoms with Gasteiger partial charge in [0.15, 0.2) is 0 Å². The lowest BCUT2D eigenvalue weighted by molar-refractivity contribution is 0.305. The van der Waals surface area contributed by atoms with Crippen LogP contribution in [-0.2, 0) is 5.75 Å². The topological polar surface area (TPSA) is 20.2 Å². The van der Waals surface area contributed by atoms with E-state index in [1.54, 1.807) is 17.8 Å². The molecule has 0 bridgehead atoms. The van der Waals surface area contributed by atoms with Gasteiger partial charge in [0.2, 0.25) is 0 Å². The Hall–Kier alpha value is -0.980. The summed E-state index contributed by atoms with van der Waals surface area (Å²) in [7, 11) is 0. The van der Waals surface area contributed by atoms with E-state index in [1.807, 2.05) is 6.07 Å². The summed E-state index contributed by atoms with van der Waals surface area (Å²) in [6.45, 7) is 4.23. The van der Waals surface area contributed by atoms with E-state index >= 15 is 0 Å². The highest BCUT2D eigenvalue weighted by Crippen LogP contribution is 2.20. The van der Waals surface area contributed by atoms with Gasteiger partial charge in [0.1, 0.15) is 5.82 Å². The summed E-state index contributed by atoms with van der Waals surface area (Å²) in [6, 6.07) is 5.07. The number of thioether (sulfide) groups is 1. The molecule has 0 radical (unpaired) electrons. The normalized spacial score (nSPS) is 10.2. The fourth-order valence-corrected chi connectivity index (χ4v) is 1.97. The van der Waals surface area contributed by atoms with Crippen LogP contribution in [-0.4, -0.2) is 17.0 Å². The van der Waals surface area contributed by atoms with Crippen LogP contribution in [0.4, 0.5) is 4.39 Å². The maximum atomic E-state index is 13.7. The minimum atomic E-state index is -0.200. The van der Waals surface area contributed by atoms with Gasteiger partial charge in [-0.25, -0.2) is 4.39 Å². The summed E-state index contributed by atoms with van der Waals surface area (Å²) < 4.78 is 13.7. The van der Waals surface area contributed by atoms with Crippen molar-refractivity contribution in [1.29, 1.82) is 0 Å². The monoisotopic (exact) mass is 252 g/mol. The summed E-state index contributed by atoms with van der Waals surface area (Å²) in [6.07, 6.45) is 0.423. The van der Waals surface area contributed by atoms with Gasteiger partial charge >= 0.3 is 0 Å². The zero-order valence-corrected chi connectivity index (χ0v) is 11.0. The largest absolute Gasteiger partial charge is 0.395 e. The van der Waals surface area contributed by atoms with E-state index in [4.69, 9.17) is 5.11 Å². The lowest BCUT2D eigenvalue weighted by atomic mass is 10.1. The lowest BCUT2D eigenvalue weighted by Gasteiger charge is -2.06. The highest BCUT2D eigenvalue weighted by atomic mass is 32.2. The van der Waals surface area contributed by atoms with Crippen LogP contribution in [0.1, 0.15) is 31.4 Å². The summed E-state index contributed by atoms with van der Waals surface area (Å²) in [5.41, 5.74) is 1.38. The predicted octanol–water partition coefficient (Wildman–Crippen LogP) is 3.20. The van der Waals surface area contributed by atoms with E-state index in [1.165, 1.54) is 6.07 Å². The van der Waals surface area contributed by atoms with Gasteiger partial charge in [0.25, 0.3) is 0 Å². The number of rotatable bonds is 4. The third kappa shape index (κ3) is 5.25. The van der Waals surface area contributed by atoms with Crippen molar-refractivity contribution >= 4 is 11.8 Å². The molecule has 3 heteroatoms. The van der Waals surface area contributed by atoms with E-state index in [0.29, 0.717) is 23.0 Å². The molecule has 1 aromatic rings. The van der Waals surface area contributed by atoms with Crippen LogP contribution in [0.2, 0.25) is 0 Å². The second kappa shape index (κ2) is 7.37. The Morgan fingerprint density at radius 1 is 1.41 bits per heavy atom. The van der Waals surface area contributed by atoms with Crippen molar-refractivity contribution in [2.75, 3.05) is 6.61 Å². The SMILES string of the molecule is CC(C)SCc1ccc(C#CCCO)cc1F. The Morgan fingerprint density at radius 3 is 2.76 bits per heavy atom. The fraction of sp³-hybridized carbons (Fsp3) is 0.429. The molecule has 0 atom stereocenters. The first-order valence-corrected chi connectivity index (χ1v) is 6.68. The van der Waals surface area contributed by atoms with E-state index < -0.39 is 0 Å². The van der Waals surface area contributed by atoms with Crippen molar-refractivity contribution in [1.82, 2.24) is 0 Å². The van der Waals surface area contributed by atoms with Crippen LogP contribution in [0.5, 0.6) is 0 Å². The Bertz CT molecular complexity index is 418. The first-order valence-electron chi connectivity index (χ1n) is 5.63. The zero-order chi connectivity index (χ0) is 12.7. The highest BCUT2D eigenvalue weighted by molar-refractivity contribution is 7.99. The smallest absolute Gasteiger partial charge is 0.128 e. The summed E-state index contributed by atoms with van der Waals surface area (Å²) in [5.74, 6) is 6.09.